The van der Waals surface area contributed by atoms with Crippen molar-refractivity contribution in [2.75, 3.05) is 33.2 Å². The van der Waals surface area contributed by atoms with Crippen molar-refractivity contribution in [1.82, 2.24) is 4.90 Å². The molecule has 1 rings (SSSR count). The molecule has 0 N–H and O–H groups in total. The molecule has 2 unspecified atom stereocenters. The number of amides is 1. The summed E-state index contributed by atoms with van der Waals surface area (Å²) in [6.45, 7) is 1.14. The minimum absolute atomic E-state index is 0.0207. The maximum absolute atomic E-state index is 11.2. The first-order valence-electron chi connectivity index (χ1n) is 4.12. The highest BCUT2D eigenvalue weighted by Gasteiger charge is 2.34. The van der Waals surface area contributed by atoms with Gasteiger partial charge in [0.25, 0.3) is 0 Å². The minimum atomic E-state index is -0.0664. The quantitative estimate of drug-likeness (QED) is 0.617. The number of nitrogens with zero attached hydrogens (tertiary/aromatic N) is 1. The Labute approximate surface area is 82.7 Å². The van der Waals surface area contributed by atoms with Crippen LogP contribution in [0.4, 0.5) is 0 Å². The molecular weight excluding hydrogens is 194 g/mol. The molecule has 1 aliphatic rings. The Hall–Kier alpha value is -0.320. The summed E-state index contributed by atoms with van der Waals surface area (Å²) in [6.07, 6.45) is -0.0608. The number of hydrogen-bond donors (Lipinski definition) is 0. The van der Waals surface area contributed by atoms with Crippen LogP contribution in [0.15, 0.2) is 0 Å². The van der Waals surface area contributed by atoms with E-state index < -0.39 is 0 Å². The molecule has 0 aliphatic carbocycles. The van der Waals surface area contributed by atoms with E-state index in [0.717, 1.165) is 0 Å². The van der Waals surface area contributed by atoms with Crippen LogP contribution in [0, 0.1) is 0 Å². The van der Waals surface area contributed by atoms with Gasteiger partial charge in [-0.05, 0) is 0 Å². The number of alkyl halides is 1. The molecule has 0 aromatic heterocycles. The van der Waals surface area contributed by atoms with E-state index in [1.165, 1.54) is 0 Å². The van der Waals surface area contributed by atoms with Crippen molar-refractivity contribution < 1.29 is 14.3 Å². The van der Waals surface area contributed by atoms with E-state index in [-0.39, 0.29) is 24.0 Å². The molecule has 0 bridgehead atoms. The van der Waals surface area contributed by atoms with E-state index in [1.807, 2.05) is 0 Å². The lowest BCUT2D eigenvalue weighted by Gasteiger charge is -2.13. The van der Waals surface area contributed by atoms with Crippen molar-refractivity contribution in [2.45, 2.75) is 12.2 Å². The molecule has 1 fully saturated rings. The zero-order valence-corrected chi connectivity index (χ0v) is 8.58. The maximum atomic E-state index is 11.2. The number of hydrogen-bond acceptors (Lipinski definition) is 3. The Kier molecular flexibility index (Phi) is 3.96. The van der Waals surface area contributed by atoms with Gasteiger partial charge in [-0.15, -0.1) is 11.6 Å². The van der Waals surface area contributed by atoms with E-state index in [4.69, 9.17) is 21.1 Å². The van der Waals surface area contributed by atoms with Crippen LogP contribution in [0.2, 0.25) is 0 Å². The Balaban J connectivity index is 2.52. The lowest BCUT2D eigenvalue weighted by Crippen LogP contribution is -2.30. The summed E-state index contributed by atoms with van der Waals surface area (Å²) in [7, 11) is 3.23. The van der Waals surface area contributed by atoms with E-state index >= 15 is 0 Å². The number of rotatable bonds is 3. The zero-order valence-electron chi connectivity index (χ0n) is 7.83. The van der Waals surface area contributed by atoms with Gasteiger partial charge in [0.1, 0.15) is 18.1 Å². The number of carbonyl (C=O) groups is 1. The van der Waals surface area contributed by atoms with Crippen LogP contribution in [0.1, 0.15) is 0 Å². The predicted octanol–water partition coefficient (Wildman–Crippen LogP) is 0.0974. The lowest BCUT2D eigenvalue weighted by atomic mass is 10.3. The third-order valence-corrected chi connectivity index (χ3v) is 2.52. The van der Waals surface area contributed by atoms with Crippen molar-refractivity contribution in [3.63, 3.8) is 0 Å². The molecule has 0 aromatic rings. The molecule has 0 spiro atoms. The molecule has 0 radical (unpaired) electrons. The van der Waals surface area contributed by atoms with Crippen molar-refractivity contribution in [3.8, 4) is 0 Å². The van der Waals surface area contributed by atoms with Crippen LogP contribution < -0.4 is 0 Å². The standard InChI is InChI=1S/C8H14ClNO3/c1-12-6-4-10(8(11)3-9)5-7(6)13-2/h6-7H,3-5H2,1-2H3. The molecule has 2 atom stereocenters. The molecule has 1 heterocycles. The third kappa shape index (κ3) is 2.33. The van der Waals surface area contributed by atoms with E-state index in [9.17, 15) is 4.79 Å². The number of methoxy groups -OCH3 is 2. The molecular formula is C8H14ClNO3. The van der Waals surface area contributed by atoms with Crippen LogP contribution in [-0.2, 0) is 14.3 Å². The molecule has 4 nitrogen and oxygen atoms in total. The summed E-state index contributed by atoms with van der Waals surface area (Å²) >= 11 is 5.44. The first-order valence-corrected chi connectivity index (χ1v) is 4.65. The molecule has 1 saturated heterocycles. The van der Waals surface area contributed by atoms with Crippen molar-refractivity contribution in [1.29, 1.82) is 0 Å². The molecule has 1 amide bonds. The van der Waals surface area contributed by atoms with Crippen LogP contribution in [0.3, 0.4) is 0 Å². The summed E-state index contributed by atoms with van der Waals surface area (Å²) in [4.78, 5) is 12.9. The summed E-state index contributed by atoms with van der Waals surface area (Å²) in [5.41, 5.74) is 0. The Morgan fingerprint density at radius 2 is 1.85 bits per heavy atom. The molecule has 13 heavy (non-hydrogen) atoms. The molecule has 0 aromatic carbocycles. The first kappa shape index (κ1) is 10.8. The largest absolute Gasteiger partial charge is 0.377 e. The highest BCUT2D eigenvalue weighted by atomic mass is 35.5. The average Bonchev–Trinajstić information content (AvgIpc) is 2.59. The molecule has 1 aliphatic heterocycles. The monoisotopic (exact) mass is 207 g/mol. The van der Waals surface area contributed by atoms with Gasteiger partial charge >= 0.3 is 0 Å². The highest BCUT2D eigenvalue weighted by Crippen LogP contribution is 2.15. The lowest BCUT2D eigenvalue weighted by molar-refractivity contribution is -0.128. The zero-order chi connectivity index (χ0) is 9.84. The normalized spacial score (nSPS) is 28.1. The van der Waals surface area contributed by atoms with Gasteiger partial charge in [-0.1, -0.05) is 0 Å². The summed E-state index contributed by atoms with van der Waals surface area (Å²) in [5, 5.41) is 0. The Morgan fingerprint density at radius 3 is 2.15 bits per heavy atom. The van der Waals surface area contributed by atoms with Crippen LogP contribution in [-0.4, -0.2) is 56.2 Å². The smallest absolute Gasteiger partial charge is 0.237 e. The Bertz CT molecular complexity index is 176. The maximum Gasteiger partial charge on any atom is 0.237 e. The Morgan fingerprint density at radius 1 is 1.38 bits per heavy atom. The van der Waals surface area contributed by atoms with E-state index in [2.05, 4.69) is 0 Å². The molecule has 5 heteroatoms. The minimum Gasteiger partial charge on any atom is -0.377 e. The number of halogens is 1. The van der Waals surface area contributed by atoms with Crippen LogP contribution in [0.25, 0.3) is 0 Å². The summed E-state index contributed by atoms with van der Waals surface area (Å²) < 4.78 is 10.4. The van der Waals surface area contributed by atoms with Crippen LogP contribution >= 0.6 is 11.6 Å². The van der Waals surface area contributed by atoms with Gasteiger partial charge < -0.3 is 14.4 Å². The van der Waals surface area contributed by atoms with E-state index in [0.29, 0.717) is 13.1 Å². The first-order chi connectivity index (χ1) is 6.22. The van der Waals surface area contributed by atoms with Gasteiger partial charge in [-0.3, -0.25) is 4.79 Å². The predicted molar refractivity (Wildman–Crippen MR) is 48.9 cm³/mol. The fraction of sp³-hybridized carbons (Fsp3) is 0.875. The van der Waals surface area contributed by atoms with Crippen molar-refractivity contribution in [3.05, 3.63) is 0 Å². The average molecular weight is 208 g/mol. The number of likely N-dealkylation sites (tertiary alicyclic amines) is 1. The van der Waals surface area contributed by atoms with Gasteiger partial charge in [-0.2, -0.15) is 0 Å². The second kappa shape index (κ2) is 4.79. The second-order valence-electron chi connectivity index (χ2n) is 2.98. The summed E-state index contributed by atoms with van der Waals surface area (Å²) in [6, 6.07) is 0. The van der Waals surface area contributed by atoms with Crippen molar-refractivity contribution in [2.24, 2.45) is 0 Å². The topological polar surface area (TPSA) is 38.8 Å². The third-order valence-electron chi connectivity index (χ3n) is 2.29. The number of ether oxygens (including phenoxy) is 2. The van der Waals surface area contributed by atoms with E-state index in [1.54, 1.807) is 19.1 Å². The van der Waals surface area contributed by atoms with Gasteiger partial charge in [0.2, 0.25) is 5.91 Å². The highest BCUT2D eigenvalue weighted by molar-refractivity contribution is 6.27. The van der Waals surface area contributed by atoms with Gasteiger partial charge in [-0.25, -0.2) is 0 Å². The molecule has 0 saturated carbocycles. The van der Waals surface area contributed by atoms with Crippen LogP contribution in [0.5, 0.6) is 0 Å². The number of carbonyl (C=O) groups excluding carboxylic acids is 1. The fourth-order valence-corrected chi connectivity index (χ4v) is 1.65. The van der Waals surface area contributed by atoms with Gasteiger partial charge in [0.15, 0.2) is 0 Å². The molecule has 76 valence electrons. The summed E-state index contributed by atoms with van der Waals surface area (Å²) in [5.74, 6) is -0.0457. The SMILES string of the molecule is COC1CN(C(=O)CCl)CC1OC. The van der Waals surface area contributed by atoms with Gasteiger partial charge in [0, 0.05) is 27.3 Å². The van der Waals surface area contributed by atoms with Gasteiger partial charge in [0.05, 0.1) is 0 Å². The second-order valence-corrected chi connectivity index (χ2v) is 3.25. The van der Waals surface area contributed by atoms with Crippen molar-refractivity contribution >= 4 is 17.5 Å². The fourth-order valence-electron chi connectivity index (χ4n) is 1.48.